The van der Waals surface area contributed by atoms with Crippen LogP contribution in [-0.4, -0.2) is 12.6 Å². The molecule has 1 rings (SSSR count). The Morgan fingerprint density at radius 1 is 1.21 bits per heavy atom. The largest absolute Gasteiger partial charge is 0.314 e. The third-order valence-corrected chi connectivity index (χ3v) is 3.79. The predicted octanol–water partition coefficient (Wildman–Crippen LogP) is 3.59. The van der Waals surface area contributed by atoms with Crippen LogP contribution in [0.4, 0.5) is 0 Å². The second-order valence-electron chi connectivity index (χ2n) is 4.80. The molecule has 1 saturated carbocycles. The predicted molar refractivity (Wildman–Crippen MR) is 63.5 cm³/mol. The van der Waals surface area contributed by atoms with Crippen molar-refractivity contribution in [2.45, 2.75) is 65.3 Å². The van der Waals surface area contributed by atoms with Gasteiger partial charge in [-0.05, 0) is 37.6 Å². The second kappa shape index (κ2) is 6.44. The zero-order valence-electron chi connectivity index (χ0n) is 10.2. The summed E-state index contributed by atoms with van der Waals surface area (Å²) in [4.78, 5) is 0. The van der Waals surface area contributed by atoms with Crippen molar-refractivity contribution >= 4 is 0 Å². The van der Waals surface area contributed by atoms with Gasteiger partial charge in [0.1, 0.15) is 0 Å². The normalized spacial score (nSPS) is 29.4. The number of hydrogen-bond donors (Lipinski definition) is 1. The Bertz CT molecular complexity index is 138. The average Bonchev–Trinajstić information content (AvgIpc) is 2.65. The average molecular weight is 197 g/mol. The molecule has 1 aliphatic rings. The van der Waals surface area contributed by atoms with Crippen LogP contribution in [0.5, 0.6) is 0 Å². The summed E-state index contributed by atoms with van der Waals surface area (Å²) in [5.41, 5.74) is 0. The molecule has 0 radical (unpaired) electrons. The molecule has 0 aromatic carbocycles. The van der Waals surface area contributed by atoms with Gasteiger partial charge in [-0.3, -0.25) is 0 Å². The highest BCUT2D eigenvalue weighted by molar-refractivity contribution is 4.83. The van der Waals surface area contributed by atoms with E-state index in [0.717, 1.165) is 24.4 Å². The van der Waals surface area contributed by atoms with Crippen molar-refractivity contribution in [1.82, 2.24) is 5.32 Å². The van der Waals surface area contributed by atoms with Gasteiger partial charge in [-0.25, -0.2) is 0 Å². The van der Waals surface area contributed by atoms with E-state index in [2.05, 4.69) is 26.1 Å². The molecule has 1 aliphatic carbocycles. The Labute approximate surface area is 89.7 Å². The fourth-order valence-corrected chi connectivity index (χ4v) is 2.93. The maximum atomic E-state index is 3.67. The van der Waals surface area contributed by atoms with Crippen LogP contribution < -0.4 is 5.32 Å². The van der Waals surface area contributed by atoms with E-state index < -0.39 is 0 Å². The quantitative estimate of drug-likeness (QED) is 0.686. The Balaban J connectivity index is 2.36. The third kappa shape index (κ3) is 3.27. The molecule has 0 aliphatic heterocycles. The molecule has 0 bridgehead atoms. The van der Waals surface area contributed by atoms with Gasteiger partial charge in [0.05, 0.1) is 0 Å². The summed E-state index contributed by atoms with van der Waals surface area (Å²) in [5.74, 6) is 2.00. The SMILES string of the molecule is CCCC(NCC)C1CCC(CC)C1. The van der Waals surface area contributed by atoms with Gasteiger partial charge in [-0.1, -0.05) is 40.0 Å². The van der Waals surface area contributed by atoms with Gasteiger partial charge in [0.25, 0.3) is 0 Å². The summed E-state index contributed by atoms with van der Waals surface area (Å²) in [5, 5.41) is 3.67. The first-order valence-electron chi connectivity index (χ1n) is 6.55. The molecule has 0 spiro atoms. The van der Waals surface area contributed by atoms with E-state index >= 15 is 0 Å². The number of nitrogens with one attached hydrogen (secondary N) is 1. The molecule has 3 atom stereocenters. The first-order chi connectivity index (χ1) is 6.81. The molecule has 1 N–H and O–H groups in total. The first kappa shape index (κ1) is 12.0. The van der Waals surface area contributed by atoms with Crippen LogP contribution in [0.3, 0.4) is 0 Å². The van der Waals surface area contributed by atoms with Gasteiger partial charge in [0.2, 0.25) is 0 Å². The summed E-state index contributed by atoms with van der Waals surface area (Å²) in [7, 11) is 0. The molecule has 0 amide bonds. The highest BCUT2D eigenvalue weighted by atomic mass is 14.9. The molecule has 0 aromatic rings. The lowest BCUT2D eigenvalue weighted by molar-refractivity contribution is 0.332. The minimum absolute atomic E-state index is 0.807. The molecule has 0 saturated heterocycles. The minimum atomic E-state index is 0.807. The Kier molecular flexibility index (Phi) is 5.54. The lowest BCUT2D eigenvalue weighted by atomic mass is 9.92. The molecule has 84 valence electrons. The highest BCUT2D eigenvalue weighted by Crippen LogP contribution is 2.35. The smallest absolute Gasteiger partial charge is 0.00952 e. The van der Waals surface area contributed by atoms with Crippen LogP contribution in [0.25, 0.3) is 0 Å². The molecule has 0 heterocycles. The van der Waals surface area contributed by atoms with E-state index in [1.807, 2.05) is 0 Å². The van der Waals surface area contributed by atoms with Gasteiger partial charge < -0.3 is 5.32 Å². The van der Waals surface area contributed by atoms with E-state index in [1.54, 1.807) is 0 Å². The van der Waals surface area contributed by atoms with Crippen LogP contribution in [0.1, 0.15) is 59.3 Å². The van der Waals surface area contributed by atoms with Gasteiger partial charge in [0, 0.05) is 6.04 Å². The zero-order chi connectivity index (χ0) is 10.4. The molecule has 14 heavy (non-hydrogen) atoms. The van der Waals surface area contributed by atoms with Gasteiger partial charge in [-0.15, -0.1) is 0 Å². The number of hydrogen-bond acceptors (Lipinski definition) is 1. The zero-order valence-corrected chi connectivity index (χ0v) is 10.2. The van der Waals surface area contributed by atoms with Crippen LogP contribution in [0, 0.1) is 11.8 Å². The summed E-state index contributed by atoms with van der Waals surface area (Å²) < 4.78 is 0. The van der Waals surface area contributed by atoms with E-state index in [4.69, 9.17) is 0 Å². The van der Waals surface area contributed by atoms with Crippen molar-refractivity contribution in [2.24, 2.45) is 11.8 Å². The lowest BCUT2D eigenvalue weighted by Crippen LogP contribution is -2.35. The third-order valence-electron chi connectivity index (χ3n) is 3.79. The van der Waals surface area contributed by atoms with E-state index in [1.165, 1.54) is 38.5 Å². The number of rotatable bonds is 6. The standard InChI is InChI=1S/C13H27N/c1-4-7-13(14-6-3)12-9-8-11(5-2)10-12/h11-14H,4-10H2,1-3H3. The summed E-state index contributed by atoms with van der Waals surface area (Å²) >= 11 is 0. The molecule has 1 fully saturated rings. The van der Waals surface area contributed by atoms with E-state index in [-0.39, 0.29) is 0 Å². The Morgan fingerprint density at radius 2 is 2.00 bits per heavy atom. The maximum Gasteiger partial charge on any atom is 0.00952 e. The molecular weight excluding hydrogens is 170 g/mol. The van der Waals surface area contributed by atoms with Crippen molar-refractivity contribution in [3.63, 3.8) is 0 Å². The molecule has 1 heteroatoms. The van der Waals surface area contributed by atoms with Crippen molar-refractivity contribution in [1.29, 1.82) is 0 Å². The summed E-state index contributed by atoms with van der Waals surface area (Å²) in [6, 6.07) is 0.807. The highest BCUT2D eigenvalue weighted by Gasteiger charge is 2.28. The van der Waals surface area contributed by atoms with Gasteiger partial charge >= 0.3 is 0 Å². The molecule has 0 aromatic heterocycles. The monoisotopic (exact) mass is 197 g/mol. The van der Waals surface area contributed by atoms with Gasteiger partial charge in [0.15, 0.2) is 0 Å². The van der Waals surface area contributed by atoms with Crippen LogP contribution in [0.2, 0.25) is 0 Å². The fourth-order valence-electron chi connectivity index (χ4n) is 2.93. The maximum absolute atomic E-state index is 3.67. The molecular formula is C13H27N. The minimum Gasteiger partial charge on any atom is -0.314 e. The Hall–Kier alpha value is -0.0400. The van der Waals surface area contributed by atoms with E-state index in [0.29, 0.717) is 0 Å². The Morgan fingerprint density at radius 3 is 2.50 bits per heavy atom. The topological polar surface area (TPSA) is 12.0 Å². The fraction of sp³-hybridized carbons (Fsp3) is 1.00. The first-order valence-corrected chi connectivity index (χ1v) is 6.55. The summed E-state index contributed by atoms with van der Waals surface area (Å²) in [6.45, 7) is 8.01. The van der Waals surface area contributed by atoms with Crippen molar-refractivity contribution < 1.29 is 0 Å². The lowest BCUT2D eigenvalue weighted by Gasteiger charge is -2.24. The second-order valence-corrected chi connectivity index (χ2v) is 4.80. The van der Waals surface area contributed by atoms with Crippen molar-refractivity contribution in [3.8, 4) is 0 Å². The van der Waals surface area contributed by atoms with Crippen molar-refractivity contribution in [3.05, 3.63) is 0 Å². The van der Waals surface area contributed by atoms with Crippen LogP contribution in [0.15, 0.2) is 0 Å². The summed E-state index contributed by atoms with van der Waals surface area (Å²) in [6.07, 6.45) is 8.51. The van der Waals surface area contributed by atoms with E-state index in [9.17, 15) is 0 Å². The molecule has 1 nitrogen and oxygen atoms in total. The molecule has 3 unspecified atom stereocenters. The van der Waals surface area contributed by atoms with Gasteiger partial charge in [-0.2, -0.15) is 0 Å². The van der Waals surface area contributed by atoms with Crippen LogP contribution in [-0.2, 0) is 0 Å². The van der Waals surface area contributed by atoms with Crippen LogP contribution >= 0.6 is 0 Å². The van der Waals surface area contributed by atoms with Crippen molar-refractivity contribution in [2.75, 3.05) is 6.54 Å².